The molecule has 3 amide bonds. The number of para-hydroxylation sites is 1. The Bertz CT molecular complexity index is 814. The number of hydrazine groups is 1. The third-order valence-electron chi connectivity index (χ3n) is 5.04. The van der Waals surface area contributed by atoms with Crippen LogP contribution in [-0.4, -0.2) is 37.0 Å². The second-order valence-electron chi connectivity index (χ2n) is 7.28. The molecule has 1 fully saturated rings. The Morgan fingerprint density at radius 2 is 1.64 bits per heavy atom. The largest absolute Gasteiger partial charge is 0.371 e. The molecule has 6 heteroatoms. The van der Waals surface area contributed by atoms with Gasteiger partial charge < -0.3 is 9.80 Å². The summed E-state index contributed by atoms with van der Waals surface area (Å²) in [6.07, 6.45) is 3.69. The highest BCUT2D eigenvalue weighted by Gasteiger charge is 2.17. The van der Waals surface area contributed by atoms with Gasteiger partial charge in [-0.05, 0) is 49.9 Å². The van der Waals surface area contributed by atoms with Crippen LogP contribution in [0, 0.1) is 6.92 Å². The van der Waals surface area contributed by atoms with Gasteiger partial charge in [0.1, 0.15) is 0 Å². The zero-order valence-corrected chi connectivity index (χ0v) is 16.6. The van der Waals surface area contributed by atoms with Crippen LogP contribution < -0.4 is 15.8 Å². The minimum absolute atomic E-state index is 0.338. The lowest BCUT2D eigenvalue weighted by atomic mass is 10.1. The summed E-state index contributed by atoms with van der Waals surface area (Å²) in [7, 11) is 1.72. The van der Waals surface area contributed by atoms with E-state index in [1.54, 1.807) is 24.1 Å². The molecule has 0 bridgehead atoms. The number of benzene rings is 2. The van der Waals surface area contributed by atoms with Crippen molar-refractivity contribution in [1.82, 2.24) is 15.8 Å². The number of piperidine rings is 1. The van der Waals surface area contributed by atoms with Gasteiger partial charge in [-0.15, -0.1) is 0 Å². The molecule has 2 aromatic rings. The molecule has 1 aliphatic rings. The Morgan fingerprint density at radius 1 is 0.964 bits per heavy atom. The molecule has 0 aliphatic carbocycles. The van der Waals surface area contributed by atoms with Crippen LogP contribution in [0.3, 0.4) is 0 Å². The Kier molecular flexibility index (Phi) is 6.53. The summed E-state index contributed by atoms with van der Waals surface area (Å²) in [5.41, 5.74) is 8.83. The molecule has 0 radical (unpaired) electrons. The van der Waals surface area contributed by atoms with E-state index in [0.29, 0.717) is 12.1 Å². The normalized spacial score (nSPS) is 13.7. The van der Waals surface area contributed by atoms with Gasteiger partial charge in [0.05, 0.1) is 0 Å². The molecule has 148 valence electrons. The summed E-state index contributed by atoms with van der Waals surface area (Å²) >= 11 is 0. The topological polar surface area (TPSA) is 64.7 Å². The maximum atomic E-state index is 12.4. The smallest absolute Gasteiger partial charge is 0.336 e. The molecular weight excluding hydrogens is 352 g/mol. The quantitative estimate of drug-likeness (QED) is 0.799. The van der Waals surface area contributed by atoms with Gasteiger partial charge in [0, 0.05) is 37.9 Å². The molecular formula is C22H28N4O2. The van der Waals surface area contributed by atoms with E-state index in [1.807, 2.05) is 31.2 Å². The minimum Gasteiger partial charge on any atom is -0.371 e. The van der Waals surface area contributed by atoms with Crippen molar-refractivity contribution in [3.05, 3.63) is 65.2 Å². The maximum absolute atomic E-state index is 12.4. The fourth-order valence-corrected chi connectivity index (χ4v) is 3.40. The molecule has 2 aromatic carbocycles. The lowest BCUT2D eigenvalue weighted by Gasteiger charge is -2.31. The van der Waals surface area contributed by atoms with Gasteiger partial charge >= 0.3 is 6.03 Å². The van der Waals surface area contributed by atoms with Gasteiger partial charge in [0.15, 0.2) is 0 Å². The standard InChI is InChI=1S/C22H28N4O2/c1-17-10-12-18(13-11-17)21(27)23-24-22(28)25(2)16-19-8-4-5-9-20(19)26-14-6-3-7-15-26/h4-5,8-13H,3,6-7,14-16H2,1-2H3,(H,23,27)(H,24,28). The first-order valence-electron chi connectivity index (χ1n) is 9.75. The van der Waals surface area contributed by atoms with Crippen LogP contribution in [0.1, 0.15) is 40.7 Å². The number of rotatable bonds is 4. The summed E-state index contributed by atoms with van der Waals surface area (Å²) in [6, 6.07) is 15.0. The summed E-state index contributed by atoms with van der Waals surface area (Å²) < 4.78 is 0. The highest BCUT2D eigenvalue weighted by molar-refractivity contribution is 5.95. The van der Waals surface area contributed by atoms with Crippen molar-refractivity contribution in [2.75, 3.05) is 25.0 Å². The molecule has 0 atom stereocenters. The third-order valence-corrected chi connectivity index (χ3v) is 5.04. The Labute approximate surface area is 166 Å². The molecule has 0 saturated carbocycles. The number of carbonyl (C=O) groups excluding carboxylic acids is 2. The van der Waals surface area contributed by atoms with Gasteiger partial charge in [0.25, 0.3) is 5.91 Å². The van der Waals surface area contributed by atoms with Gasteiger partial charge in [-0.25, -0.2) is 10.2 Å². The molecule has 0 aromatic heterocycles. The molecule has 3 rings (SSSR count). The average molecular weight is 380 g/mol. The minimum atomic E-state index is -0.353. The van der Waals surface area contributed by atoms with Crippen LogP contribution in [-0.2, 0) is 6.54 Å². The fraction of sp³-hybridized carbons (Fsp3) is 0.364. The second kappa shape index (κ2) is 9.26. The number of nitrogens with zero attached hydrogens (tertiary/aromatic N) is 2. The van der Waals surface area contributed by atoms with Crippen molar-refractivity contribution in [2.24, 2.45) is 0 Å². The number of hydrogen-bond donors (Lipinski definition) is 2. The highest BCUT2D eigenvalue weighted by atomic mass is 16.2. The lowest BCUT2D eigenvalue weighted by Crippen LogP contribution is -2.47. The van der Waals surface area contributed by atoms with E-state index in [4.69, 9.17) is 0 Å². The van der Waals surface area contributed by atoms with Crippen molar-refractivity contribution in [1.29, 1.82) is 0 Å². The average Bonchev–Trinajstić information content (AvgIpc) is 2.73. The molecule has 1 saturated heterocycles. The predicted octanol–water partition coefficient (Wildman–Crippen LogP) is 3.47. The SMILES string of the molecule is Cc1ccc(C(=O)NNC(=O)N(C)Cc2ccccc2N2CCCCC2)cc1. The first-order chi connectivity index (χ1) is 13.5. The van der Waals surface area contributed by atoms with Gasteiger partial charge in [-0.3, -0.25) is 10.2 Å². The van der Waals surface area contributed by atoms with E-state index in [-0.39, 0.29) is 11.9 Å². The van der Waals surface area contributed by atoms with Crippen LogP contribution in [0.25, 0.3) is 0 Å². The van der Waals surface area contributed by atoms with Crippen molar-refractivity contribution in [2.45, 2.75) is 32.7 Å². The van der Waals surface area contributed by atoms with Gasteiger partial charge in [-0.2, -0.15) is 0 Å². The zero-order valence-electron chi connectivity index (χ0n) is 16.6. The van der Waals surface area contributed by atoms with E-state index < -0.39 is 0 Å². The molecule has 0 spiro atoms. The molecule has 0 unspecified atom stereocenters. The Hall–Kier alpha value is -3.02. The Balaban J connectivity index is 1.57. The highest BCUT2D eigenvalue weighted by Crippen LogP contribution is 2.25. The number of urea groups is 1. The summed E-state index contributed by atoms with van der Waals surface area (Å²) in [4.78, 5) is 28.5. The van der Waals surface area contributed by atoms with Crippen molar-refractivity contribution in [3.8, 4) is 0 Å². The summed E-state index contributed by atoms with van der Waals surface area (Å²) in [6.45, 7) is 4.54. The van der Waals surface area contributed by atoms with Crippen molar-refractivity contribution < 1.29 is 9.59 Å². The van der Waals surface area contributed by atoms with Crippen molar-refractivity contribution in [3.63, 3.8) is 0 Å². The molecule has 1 heterocycles. The van der Waals surface area contributed by atoms with Gasteiger partial charge in [0.2, 0.25) is 0 Å². The number of carbonyl (C=O) groups is 2. The van der Waals surface area contributed by atoms with E-state index in [9.17, 15) is 9.59 Å². The van der Waals surface area contributed by atoms with Crippen molar-refractivity contribution >= 4 is 17.6 Å². The summed E-state index contributed by atoms with van der Waals surface area (Å²) in [5, 5.41) is 0. The van der Waals surface area contributed by atoms with E-state index in [1.165, 1.54) is 24.9 Å². The zero-order chi connectivity index (χ0) is 19.9. The van der Waals surface area contributed by atoms with E-state index in [0.717, 1.165) is 24.2 Å². The van der Waals surface area contributed by atoms with E-state index in [2.05, 4.69) is 27.9 Å². The summed E-state index contributed by atoms with van der Waals surface area (Å²) in [5.74, 6) is -0.338. The van der Waals surface area contributed by atoms with Crippen LogP contribution in [0.15, 0.2) is 48.5 Å². The second-order valence-corrected chi connectivity index (χ2v) is 7.28. The number of anilines is 1. The number of amides is 3. The molecule has 6 nitrogen and oxygen atoms in total. The lowest BCUT2D eigenvalue weighted by molar-refractivity contribution is 0.0931. The van der Waals surface area contributed by atoms with Crippen LogP contribution in [0.4, 0.5) is 10.5 Å². The number of hydrogen-bond acceptors (Lipinski definition) is 3. The predicted molar refractivity (Wildman–Crippen MR) is 111 cm³/mol. The monoisotopic (exact) mass is 380 g/mol. The first kappa shape index (κ1) is 19.7. The van der Waals surface area contributed by atoms with Crippen LogP contribution >= 0.6 is 0 Å². The fourth-order valence-electron chi connectivity index (χ4n) is 3.40. The molecule has 1 aliphatic heterocycles. The third kappa shape index (κ3) is 5.03. The number of aryl methyl sites for hydroxylation is 1. The van der Waals surface area contributed by atoms with Gasteiger partial charge in [-0.1, -0.05) is 35.9 Å². The maximum Gasteiger partial charge on any atom is 0.336 e. The number of nitrogens with one attached hydrogen (secondary N) is 2. The van der Waals surface area contributed by atoms with Crippen LogP contribution in [0.5, 0.6) is 0 Å². The molecule has 2 N–H and O–H groups in total. The Morgan fingerprint density at radius 3 is 2.36 bits per heavy atom. The van der Waals surface area contributed by atoms with E-state index >= 15 is 0 Å². The first-order valence-corrected chi connectivity index (χ1v) is 9.75. The molecule has 28 heavy (non-hydrogen) atoms. The van der Waals surface area contributed by atoms with Crippen LogP contribution in [0.2, 0.25) is 0 Å².